The minimum Gasteiger partial charge on any atom is -0.550 e. The molecule has 0 aromatic carbocycles. The molecule has 0 unspecified atom stereocenters. The second-order valence-corrected chi connectivity index (χ2v) is 2.54. The molecule has 0 aliphatic rings. The molecule has 0 rings (SSSR count). The van der Waals surface area contributed by atoms with Gasteiger partial charge in [0.15, 0.2) is 0 Å². The van der Waals surface area contributed by atoms with E-state index >= 15 is 0 Å². The molecule has 0 aromatic rings. The average Bonchev–Trinajstić information content (AvgIpc) is 2.13. The summed E-state index contributed by atoms with van der Waals surface area (Å²) in [5, 5.41) is 35.6. The molecule has 0 radical (unpaired) electrons. The molecule has 12 heteroatoms. The number of hydrogen-bond donors (Lipinski definition) is 2. The largest absolute Gasteiger partial charge is 2.00 e. The molecule has 0 amide bonds. The van der Waals surface area contributed by atoms with Crippen molar-refractivity contribution in [1.29, 1.82) is 0 Å². The summed E-state index contributed by atoms with van der Waals surface area (Å²) < 4.78 is 0. The van der Waals surface area contributed by atoms with Crippen molar-refractivity contribution in [3.63, 3.8) is 0 Å². The van der Waals surface area contributed by atoms with Gasteiger partial charge in [0, 0.05) is 37.0 Å². The predicted octanol–water partition coefficient (Wildman–Crippen LogP) is -6.08. The molecule has 0 bridgehead atoms. The molecule has 4 N–H and O–H groups in total. The maximum atomic E-state index is 8.89. The topological polar surface area (TPSA) is 213 Å². The van der Waals surface area contributed by atoms with Crippen molar-refractivity contribution in [2.45, 2.75) is 27.7 Å². The van der Waals surface area contributed by atoms with E-state index in [1.54, 1.807) is 0 Å². The van der Waals surface area contributed by atoms with E-state index in [1.165, 1.54) is 0 Å². The van der Waals surface area contributed by atoms with Crippen molar-refractivity contribution >= 4 is 23.9 Å². The zero-order valence-corrected chi connectivity index (χ0v) is 21.3. The zero-order chi connectivity index (χ0) is 17.7. The first kappa shape index (κ1) is 43.0. The second-order valence-electron chi connectivity index (χ2n) is 2.54. The molecule has 122 valence electrons. The van der Waals surface area contributed by atoms with Crippen LogP contribution < -0.4 is 31.9 Å². The van der Waals surface area contributed by atoms with Crippen molar-refractivity contribution in [2.75, 3.05) is 13.1 Å². The Hall–Kier alpha value is -0.356. The standard InChI is InChI=1S/C2H8N2.4C2H4O2.2Cd/c3-1-2-4;4*1-2(3)4;;/h1-4H2;4*1H3,(H,3,4);;/q;;;;;2*+2/p-4. The van der Waals surface area contributed by atoms with E-state index in [0.29, 0.717) is 13.1 Å². The maximum absolute atomic E-state index is 8.89. The Kier molecular flexibility index (Phi) is 83.7. The fourth-order valence-corrected chi connectivity index (χ4v) is 0. The molecule has 0 aromatic heterocycles. The smallest absolute Gasteiger partial charge is 0.550 e. The summed E-state index contributed by atoms with van der Waals surface area (Å²) in [6, 6.07) is 0. The Bertz CT molecular complexity index is 199. The van der Waals surface area contributed by atoms with E-state index in [2.05, 4.69) is 0 Å². The van der Waals surface area contributed by atoms with Gasteiger partial charge in [0.25, 0.3) is 0 Å². The number of hydrogen-bond acceptors (Lipinski definition) is 10. The number of rotatable bonds is 1. The van der Waals surface area contributed by atoms with E-state index in [0.717, 1.165) is 27.7 Å². The van der Waals surface area contributed by atoms with Gasteiger partial charge in [0.05, 0.1) is 0 Å². The third kappa shape index (κ3) is 16500. The third-order valence-corrected chi connectivity index (χ3v) is 0.167. The molecule has 0 aliphatic carbocycles. The van der Waals surface area contributed by atoms with Crippen LogP contribution in [0.15, 0.2) is 0 Å². The normalized spacial score (nSPS) is 5.91. The van der Waals surface area contributed by atoms with Gasteiger partial charge in [0.1, 0.15) is 0 Å². The fourth-order valence-electron chi connectivity index (χ4n) is 0. The summed E-state index contributed by atoms with van der Waals surface area (Å²) in [5.41, 5.74) is 9.81. The van der Waals surface area contributed by atoms with Crippen LogP contribution in [0.3, 0.4) is 0 Å². The molecule has 0 saturated carbocycles. The minimum atomic E-state index is -1.08. The average molecular weight is 521 g/mol. The monoisotopic (exact) mass is 524 g/mol. The molecule has 10 nitrogen and oxygen atoms in total. The minimum absolute atomic E-state index is 0. The van der Waals surface area contributed by atoms with E-state index in [4.69, 9.17) is 51.1 Å². The first-order chi connectivity index (χ1) is 8.84. The van der Waals surface area contributed by atoms with Gasteiger partial charge in [-0.2, -0.15) is 0 Å². The van der Waals surface area contributed by atoms with E-state index in [-0.39, 0.29) is 54.6 Å². The molecular formula is C10H20Cd2N2O8. The van der Waals surface area contributed by atoms with Crippen molar-refractivity contribution in [3.05, 3.63) is 0 Å². The Labute approximate surface area is 169 Å². The van der Waals surface area contributed by atoms with Crippen LogP contribution in [0, 0.1) is 0 Å². The zero-order valence-electron chi connectivity index (χ0n) is 13.2. The number of carbonyl (C=O) groups excluding carboxylic acids is 4. The van der Waals surface area contributed by atoms with E-state index < -0.39 is 23.9 Å². The van der Waals surface area contributed by atoms with Crippen molar-refractivity contribution in [1.82, 2.24) is 0 Å². The summed E-state index contributed by atoms with van der Waals surface area (Å²) in [6.45, 7) is 5.08. The van der Waals surface area contributed by atoms with Gasteiger partial charge in [-0.05, 0) is 27.7 Å². The van der Waals surface area contributed by atoms with Crippen LogP contribution in [0.5, 0.6) is 0 Å². The van der Waals surface area contributed by atoms with Crippen molar-refractivity contribution in [3.8, 4) is 0 Å². The van der Waals surface area contributed by atoms with Crippen LogP contribution in [0.1, 0.15) is 27.7 Å². The van der Waals surface area contributed by atoms with Crippen molar-refractivity contribution in [2.24, 2.45) is 11.5 Å². The van der Waals surface area contributed by atoms with Gasteiger partial charge in [-0.25, -0.2) is 0 Å². The Morgan fingerprint density at radius 1 is 0.591 bits per heavy atom. The van der Waals surface area contributed by atoms with E-state index in [9.17, 15) is 0 Å². The summed E-state index contributed by atoms with van der Waals surface area (Å²) in [6.07, 6.45) is 0. The molecule has 0 heterocycles. The number of carboxylic acid groups (broad SMARTS) is 4. The van der Waals surface area contributed by atoms with Gasteiger partial charge in [-0.3, -0.25) is 0 Å². The van der Waals surface area contributed by atoms with Gasteiger partial charge in [-0.1, -0.05) is 0 Å². The van der Waals surface area contributed by atoms with Gasteiger partial charge < -0.3 is 51.1 Å². The van der Waals surface area contributed by atoms with Crippen LogP contribution in [-0.4, -0.2) is 37.0 Å². The molecule has 0 spiro atoms. The van der Waals surface area contributed by atoms with Gasteiger partial charge in [-0.15, -0.1) is 0 Å². The molecule has 0 saturated heterocycles. The predicted molar refractivity (Wildman–Crippen MR) is 60.8 cm³/mol. The summed E-state index contributed by atoms with van der Waals surface area (Å²) in [7, 11) is 0. The molecule has 22 heavy (non-hydrogen) atoms. The van der Waals surface area contributed by atoms with Crippen LogP contribution in [0.2, 0.25) is 0 Å². The second kappa shape index (κ2) is 42.8. The number of carbonyl (C=O) groups is 4. The molecule has 0 atom stereocenters. The molecule has 0 fully saturated rings. The fraction of sp³-hybridized carbons (Fsp3) is 0.600. The van der Waals surface area contributed by atoms with Gasteiger partial charge in [0.2, 0.25) is 0 Å². The summed E-state index contributed by atoms with van der Waals surface area (Å²) >= 11 is 0. The quantitative estimate of drug-likeness (QED) is 0.312. The molecular weight excluding hydrogens is 501 g/mol. The van der Waals surface area contributed by atoms with Crippen LogP contribution in [0.4, 0.5) is 0 Å². The first-order valence-corrected chi connectivity index (χ1v) is 4.95. The van der Waals surface area contributed by atoms with Gasteiger partial charge >= 0.3 is 54.6 Å². The Balaban J connectivity index is -0.0000000250. The van der Waals surface area contributed by atoms with Crippen LogP contribution in [0.25, 0.3) is 0 Å². The van der Waals surface area contributed by atoms with Crippen molar-refractivity contribution < 1.29 is 94.2 Å². The third-order valence-electron chi connectivity index (χ3n) is 0.167. The summed E-state index contributed by atoms with van der Waals surface area (Å²) in [4.78, 5) is 35.6. The van der Waals surface area contributed by atoms with E-state index in [1.807, 2.05) is 0 Å². The first-order valence-electron chi connectivity index (χ1n) is 4.95. The Morgan fingerprint density at radius 3 is 0.636 bits per heavy atom. The summed E-state index contributed by atoms with van der Waals surface area (Å²) in [5.74, 6) is -4.33. The number of carboxylic acids is 4. The van der Waals surface area contributed by atoms with Crippen LogP contribution >= 0.6 is 0 Å². The SMILES string of the molecule is CC(=O)[O-].CC(=O)[O-].CC(=O)[O-].CC(=O)[O-].NCCN.[Cd+2].[Cd+2]. The maximum Gasteiger partial charge on any atom is 2.00 e. The van der Waals surface area contributed by atoms with Crippen LogP contribution in [-0.2, 0) is 73.8 Å². The number of nitrogens with two attached hydrogens (primary N) is 2. The Morgan fingerprint density at radius 2 is 0.636 bits per heavy atom. The number of aliphatic carboxylic acids is 4. The molecule has 0 aliphatic heterocycles.